The van der Waals surface area contributed by atoms with E-state index in [1.54, 1.807) is 19.3 Å². The first-order valence-corrected chi connectivity index (χ1v) is 9.01. The van der Waals surface area contributed by atoms with Gasteiger partial charge in [-0.3, -0.25) is 0 Å². The Morgan fingerprint density at radius 1 is 1.29 bits per heavy atom. The highest BCUT2D eigenvalue weighted by molar-refractivity contribution is 7.89. The average Bonchev–Trinajstić information content (AvgIpc) is 2.95. The maximum Gasteiger partial charge on any atom is 0.242 e. The van der Waals surface area contributed by atoms with Crippen molar-refractivity contribution in [1.82, 2.24) is 19.5 Å². The van der Waals surface area contributed by atoms with E-state index in [0.717, 1.165) is 9.75 Å². The van der Waals surface area contributed by atoms with Gasteiger partial charge >= 0.3 is 0 Å². The summed E-state index contributed by atoms with van der Waals surface area (Å²) in [5.74, 6) is 0.609. The van der Waals surface area contributed by atoms with Gasteiger partial charge in [0.15, 0.2) is 5.82 Å². The van der Waals surface area contributed by atoms with Gasteiger partial charge in [-0.1, -0.05) is 0 Å². The van der Waals surface area contributed by atoms with Crippen molar-refractivity contribution in [3.63, 3.8) is 0 Å². The molecule has 0 fully saturated rings. The van der Waals surface area contributed by atoms with Crippen LogP contribution in [0.15, 0.2) is 17.3 Å². The summed E-state index contributed by atoms with van der Waals surface area (Å²) in [6.45, 7) is 9.49. The van der Waals surface area contributed by atoms with E-state index in [-0.39, 0.29) is 6.04 Å². The summed E-state index contributed by atoms with van der Waals surface area (Å²) in [5, 5.41) is 7.90. The highest BCUT2D eigenvalue weighted by Gasteiger charge is 2.24. The van der Waals surface area contributed by atoms with E-state index in [1.165, 1.54) is 11.3 Å². The molecule has 0 aliphatic rings. The molecule has 6 nitrogen and oxygen atoms in total. The molecule has 116 valence electrons. The van der Waals surface area contributed by atoms with Crippen molar-refractivity contribution < 1.29 is 8.42 Å². The number of aryl methyl sites for hydroxylation is 2. The summed E-state index contributed by atoms with van der Waals surface area (Å²) >= 11 is 1.48. The smallest absolute Gasteiger partial charge is 0.242 e. The summed E-state index contributed by atoms with van der Waals surface area (Å²) in [6.07, 6.45) is 1.62. The molecular weight excluding hydrogens is 308 g/mol. The number of hydrogen-bond acceptors (Lipinski definition) is 5. The molecule has 2 aromatic heterocycles. The fraction of sp³-hybridized carbons (Fsp3) is 0.538. The van der Waals surface area contributed by atoms with Crippen LogP contribution in [-0.4, -0.2) is 23.2 Å². The molecule has 0 amide bonds. The maximum absolute atomic E-state index is 12.5. The van der Waals surface area contributed by atoms with E-state index in [2.05, 4.69) is 14.9 Å². The Hall–Kier alpha value is -1.25. The number of rotatable bonds is 5. The van der Waals surface area contributed by atoms with Crippen LogP contribution in [0, 0.1) is 13.8 Å². The fourth-order valence-electron chi connectivity index (χ4n) is 2.18. The van der Waals surface area contributed by atoms with Gasteiger partial charge in [-0.15, -0.1) is 21.5 Å². The first kappa shape index (κ1) is 16.1. The summed E-state index contributed by atoms with van der Waals surface area (Å²) in [7, 11) is -3.56. The SMILES string of the molecule is Cc1cc(S(=O)(=O)NC(C)c2nncn2C(C)C)c(C)s1. The lowest BCUT2D eigenvalue weighted by molar-refractivity contribution is 0.514. The van der Waals surface area contributed by atoms with E-state index in [0.29, 0.717) is 10.7 Å². The molecule has 0 spiro atoms. The van der Waals surface area contributed by atoms with Crippen LogP contribution in [0.1, 0.15) is 48.4 Å². The van der Waals surface area contributed by atoms with Crippen LogP contribution in [-0.2, 0) is 10.0 Å². The van der Waals surface area contributed by atoms with Crippen molar-refractivity contribution in [2.45, 2.75) is 51.6 Å². The van der Waals surface area contributed by atoms with Crippen LogP contribution in [0.2, 0.25) is 0 Å². The molecule has 0 saturated heterocycles. The first-order valence-electron chi connectivity index (χ1n) is 6.71. The number of nitrogens with zero attached hydrogens (tertiary/aromatic N) is 3. The highest BCUT2D eigenvalue weighted by Crippen LogP contribution is 2.26. The molecule has 2 aromatic rings. The lowest BCUT2D eigenvalue weighted by Gasteiger charge is -2.16. The van der Waals surface area contributed by atoms with Gasteiger partial charge in [-0.25, -0.2) is 13.1 Å². The van der Waals surface area contributed by atoms with E-state index >= 15 is 0 Å². The van der Waals surface area contributed by atoms with Gasteiger partial charge in [0.25, 0.3) is 0 Å². The van der Waals surface area contributed by atoms with Crippen molar-refractivity contribution in [2.75, 3.05) is 0 Å². The summed E-state index contributed by atoms with van der Waals surface area (Å²) in [5.41, 5.74) is 0. The zero-order valence-corrected chi connectivity index (χ0v) is 14.4. The van der Waals surface area contributed by atoms with Gasteiger partial charge in [-0.05, 0) is 40.7 Å². The number of nitrogens with one attached hydrogen (secondary N) is 1. The summed E-state index contributed by atoms with van der Waals surface area (Å²) < 4.78 is 29.5. The molecule has 0 bridgehead atoms. The second-order valence-electron chi connectivity index (χ2n) is 5.31. The number of sulfonamides is 1. The van der Waals surface area contributed by atoms with Gasteiger partial charge in [0.1, 0.15) is 6.33 Å². The van der Waals surface area contributed by atoms with Gasteiger partial charge in [-0.2, -0.15) is 0 Å². The Balaban J connectivity index is 2.28. The molecule has 0 aliphatic carbocycles. The highest BCUT2D eigenvalue weighted by atomic mass is 32.2. The Bertz CT molecular complexity index is 731. The minimum atomic E-state index is -3.56. The van der Waals surface area contributed by atoms with Crippen molar-refractivity contribution in [3.05, 3.63) is 28.0 Å². The Labute approximate surface area is 129 Å². The van der Waals surface area contributed by atoms with Crippen molar-refractivity contribution >= 4 is 21.4 Å². The van der Waals surface area contributed by atoms with Gasteiger partial charge in [0.2, 0.25) is 10.0 Å². The van der Waals surface area contributed by atoms with E-state index < -0.39 is 16.1 Å². The zero-order chi connectivity index (χ0) is 15.8. The molecule has 0 aromatic carbocycles. The molecule has 2 rings (SSSR count). The zero-order valence-electron chi connectivity index (χ0n) is 12.8. The van der Waals surface area contributed by atoms with Gasteiger partial charge in [0, 0.05) is 15.8 Å². The molecule has 1 atom stereocenters. The Kier molecular flexibility index (Phi) is 4.50. The third-order valence-electron chi connectivity index (χ3n) is 3.16. The van der Waals surface area contributed by atoms with Crippen LogP contribution in [0.5, 0.6) is 0 Å². The van der Waals surface area contributed by atoms with Crippen LogP contribution in [0.25, 0.3) is 0 Å². The third-order valence-corrected chi connectivity index (χ3v) is 5.92. The summed E-state index contributed by atoms with van der Waals surface area (Å²) in [6, 6.07) is 1.42. The normalized spacial score (nSPS) is 13.8. The number of aromatic nitrogens is 3. The predicted molar refractivity (Wildman–Crippen MR) is 82.9 cm³/mol. The van der Waals surface area contributed by atoms with Gasteiger partial charge < -0.3 is 4.57 Å². The topological polar surface area (TPSA) is 76.9 Å². The standard InChI is InChI=1S/C13H20N4O2S2/c1-8(2)17-7-14-15-13(17)10(4)16-21(18,19)12-6-9(3)20-11(12)5/h6-8,10,16H,1-5H3. The summed E-state index contributed by atoms with van der Waals surface area (Å²) in [4.78, 5) is 2.11. The van der Waals surface area contributed by atoms with Crippen LogP contribution in [0.3, 0.4) is 0 Å². The Morgan fingerprint density at radius 3 is 2.48 bits per heavy atom. The molecule has 8 heteroatoms. The molecule has 1 N–H and O–H groups in total. The van der Waals surface area contributed by atoms with Crippen LogP contribution in [0.4, 0.5) is 0 Å². The van der Waals surface area contributed by atoms with Gasteiger partial charge in [0.05, 0.1) is 10.9 Å². The largest absolute Gasteiger partial charge is 0.314 e. The molecule has 1 unspecified atom stereocenters. The van der Waals surface area contributed by atoms with Crippen LogP contribution >= 0.6 is 11.3 Å². The first-order chi connectivity index (χ1) is 9.72. The van der Waals surface area contributed by atoms with Crippen LogP contribution < -0.4 is 4.72 Å². The second-order valence-corrected chi connectivity index (χ2v) is 8.45. The van der Waals surface area contributed by atoms with Crippen molar-refractivity contribution in [1.29, 1.82) is 0 Å². The molecular formula is C13H20N4O2S2. The molecule has 0 radical (unpaired) electrons. The third kappa shape index (κ3) is 3.33. The number of thiophene rings is 1. The quantitative estimate of drug-likeness (QED) is 0.915. The molecule has 2 heterocycles. The lowest BCUT2D eigenvalue weighted by atomic mass is 10.3. The van der Waals surface area contributed by atoms with E-state index in [1.807, 2.05) is 32.3 Å². The average molecular weight is 328 g/mol. The minimum absolute atomic E-state index is 0.173. The fourth-order valence-corrected chi connectivity index (χ4v) is 4.94. The molecule has 0 aliphatic heterocycles. The second kappa shape index (κ2) is 5.86. The lowest BCUT2D eigenvalue weighted by Crippen LogP contribution is -2.29. The van der Waals surface area contributed by atoms with E-state index in [4.69, 9.17) is 0 Å². The minimum Gasteiger partial charge on any atom is -0.314 e. The molecule has 21 heavy (non-hydrogen) atoms. The van der Waals surface area contributed by atoms with E-state index in [9.17, 15) is 8.42 Å². The molecule has 0 saturated carbocycles. The van der Waals surface area contributed by atoms with Crippen molar-refractivity contribution in [2.24, 2.45) is 0 Å². The van der Waals surface area contributed by atoms with Crippen molar-refractivity contribution in [3.8, 4) is 0 Å². The predicted octanol–water partition coefficient (Wildman–Crippen LogP) is 2.58. The maximum atomic E-state index is 12.5. The monoisotopic (exact) mass is 328 g/mol. The Morgan fingerprint density at radius 2 is 1.95 bits per heavy atom. The number of hydrogen-bond donors (Lipinski definition) is 1.